The first-order chi connectivity index (χ1) is 12.9. The van der Waals surface area contributed by atoms with E-state index in [0.717, 1.165) is 18.6 Å². The monoisotopic (exact) mass is 370 g/mol. The molecular weight excluding hydrogens is 344 g/mol. The predicted molar refractivity (Wildman–Crippen MR) is 104 cm³/mol. The zero-order valence-corrected chi connectivity index (χ0v) is 16.0. The van der Waals surface area contributed by atoms with Crippen molar-refractivity contribution in [2.45, 2.75) is 45.6 Å². The number of nitrogens with one attached hydrogen (secondary N) is 1. The van der Waals surface area contributed by atoms with E-state index >= 15 is 0 Å². The van der Waals surface area contributed by atoms with Gasteiger partial charge in [-0.25, -0.2) is 4.98 Å². The van der Waals surface area contributed by atoms with Gasteiger partial charge in [-0.15, -0.1) is 0 Å². The minimum atomic E-state index is -0.505. The highest BCUT2D eigenvalue weighted by atomic mass is 16.5. The highest BCUT2D eigenvalue weighted by Gasteiger charge is 2.27. The standard InChI is InChI=1S/C21H26N2O4/c1-21(2)11-8-16(9-12-21)27-15-6-4-14(5-7-15)23-20(25)18-19(24)17(26-3)10-13-22-18/h4-7,10,13,16,24H,8-9,11-12H2,1-3H3,(H,23,25). The number of anilines is 1. The van der Waals surface area contributed by atoms with Crippen LogP contribution in [0, 0.1) is 5.41 Å². The van der Waals surface area contributed by atoms with E-state index in [1.807, 2.05) is 12.1 Å². The Morgan fingerprint density at radius 3 is 2.48 bits per heavy atom. The predicted octanol–water partition coefficient (Wildman–Crippen LogP) is 4.40. The Balaban J connectivity index is 1.60. The third-order valence-corrected chi connectivity index (χ3v) is 5.02. The highest BCUT2D eigenvalue weighted by molar-refractivity contribution is 6.05. The molecule has 3 rings (SSSR count). The first kappa shape index (κ1) is 19.0. The van der Waals surface area contributed by atoms with Crippen LogP contribution in [0.2, 0.25) is 0 Å². The van der Waals surface area contributed by atoms with Gasteiger partial charge in [-0.3, -0.25) is 4.79 Å². The van der Waals surface area contributed by atoms with Gasteiger partial charge in [0.15, 0.2) is 17.2 Å². The van der Waals surface area contributed by atoms with Gasteiger partial charge in [0.2, 0.25) is 0 Å². The summed E-state index contributed by atoms with van der Waals surface area (Å²) in [5.41, 5.74) is 0.925. The van der Waals surface area contributed by atoms with Crippen molar-refractivity contribution in [2.75, 3.05) is 12.4 Å². The second kappa shape index (κ2) is 7.86. The Morgan fingerprint density at radius 1 is 1.19 bits per heavy atom. The first-order valence-electron chi connectivity index (χ1n) is 9.18. The smallest absolute Gasteiger partial charge is 0.278 e. The van der Waals surface area contributed by atoms with Gasteiger partial charge in [-0.05, 0) is 55.4 Å². The van der Waals surface area contributed by atoms with E-state index in [0.29, 0.717) is 11.1 Å². The number of benzene rings is 1. The molecule has 6 nitrogen and oxygen atoms in total. The Kier molecular flexibility index (Phi) is 5.54. The van der Waals surface area contributed by atoms with Crippen LogP contribution in [0.4, 0.5) is 5.69 Å². The molecule has 1 heterocycles. The molecule has 0 spiro atoms. The number of hydrogen-bond donors (Lipinski definition) is 2. The number of rotatable bonds is 5. The van der Waals surface area contributed by atoms with Gasteiger partial charge >= 0.3 is 0 Å². The lowest BCUT2D eigenvalue weighted by atomic mass is 9.76. The van der Waals surface area contributed by atoms with Crippen molar-refractivity contribution in [3.05, 3.63) is 42.2 Å². The Morgan fingerprint density at radius 2 is 1.85 bits per heavy atom. The van der Waals surface area contributed by atoms with Crippen LogP contribution in [0.3, 0.4) is 0 Å². The van der Waals surface area contributed by atoms with Crippen LogP contribution in [0.25, 0.3) is 0 Å². The molecule has 1 saturated carbocycles. The van der Waals surface area contributed by atoms with E-state index in [1.54, 1.807) is 12.1 Å². The number of carbonyl (C=O) groups excluding carboxylic acids is 1. The Bertz CT molecular complexity index is 792. The van der Waals surface area contributed by atoms with Gasteiger partial charge in [0.05, 0.1) is 13.2 Å². The largest absolute Gasteiger partial charge is 0.503 e. The number of aromatic nitrogens is 1. The molecule has 1 aliphatic carbocycles. The summed E-state index contributed by atoms with van der Waals surface area (Å²) in [7, 11) is 1.42. The van der Waals surface area contributed by atoms with Crippen LogP contribution < -0.4 is 14.8 Å². The number of nitrogens with zero attached hydrogens (tertiary/aromatic N) is 1. The lowest BCUT2D eigenvalue weighted by molar-refractivity contribution is 0.0987. The minimum Gasteiger partial charge on any atom is -0.503 e. The minimum absolute atomic E-state index is 0.0838. The molecule has 0 bridgehead atoms. The van der Waals surface area contributed by atoms with E-state index < -0.39 is 5.91 Å². The highest BCUT2D eigenvalue weighted by Crippen LogP contribution is 2.36. The van der Waals surface area contributed by atoms with E-state index in [-0.39, 0.29) is 23.3 Å². The number of aromatic hydroxyl groups is 1. The molecule has 1 aromatic carbocycles. The molecule has 0 saturated heterocycles. The van der Waals surface area contributed by atoms with E-state index in [4.69, 9.17) is 9.47 Å². The summed E-state index contributed by atoms with van der Waals surface area (Å²) in [6.07, 6.45) is 6.12. The van der Waals surface area contributed by atoms with E-state index in [1.165, 1.54) is 32.2 Å². The topological polar surface area (TPSA) is 80.7 Å². The number of amides is 1. The molecule has 6 heteroatoms. The van der Waals surface area contributed by atoms with Gasteiger partial charge in [-0.2, -0.15) is 0 Å². The molecule has 0 unspecified atom stereocenters. The molecule has 0 radical (unpaired) electrons. The summed E-state index contributed by atoms with van der Waals surface area (Å²) in [4.78, 5) is 16.3. The first-order valence-corrected chi connectivity index (χ1v) is 9.18. The van der Waals surface area contributed by atoms with Crippen LogP contribution in [-0.2, 0) is 0 Å². The van der Waals surface area contributed by atoms with Gasteiger partial charge in [-0.1, -0.05) is 13.8 Å². The molecule has 0 aliphatic heterocycles. The van der Waals surface area contributed by atoms with Crippen LogP contribution in [-0.4, -0.2) is 29.2 Å². The third-order valence-electron chi connectivity index (χ3n) is 5.02. The van der Waals surface area contributed by atoms with Crippen molar-refractivity contribution in [1.82, 2.24) is 4.98 Å². The summed E-state index contributed by atoms with van der Waals surface area (Å²) in [5.74, 6) is 0.210. The maximum atomic E-state index is 12.3. The number of pyridine rings is 1. The molecule has 2 aromatic rings. The molecule has 1 amide bonds. The van der Waals surface area contributed by atoms with Crippen molar-refractivity contribution in [3.63, 3.8) is 0 Å². The van der Waals surface area contributed by atoms with Gasteiger partial charge in [0, 0.05) is 18.0 Å². The van der Waals surface area contributed by atoms with Crippen LogP contribution in [0.5, 0.6) is 17.2 Å². The Labute approximate surface area is 159 Å². The maximum Gasteiger partial charge on any atom is 0.278 e. The summed E-state index contributed by atoms with van der Waals surface area (Å²) >= 11 is 0. The zero-order chi connectivity index (χ0) is 19.4. The normalized spacial score (nSPS) is 16.6. The fraction of sp³-hybridized carbons (Fsp3) is 0.429. The van der Waals surface area contributed by atoms with Gasteiger partial charge in [0.1, 0.15) is 5.75 Å². The molecule has 2 N–H and O–H groups in total. The maximum absolute atomic E-state index is 12.3. The second-order valence-corrected chi connectivity index (χ2v) is 7.67. The molecule has 1 fully saturated rings. The molecule has 1 aromatic heterocycles. The van der Waals surface area contributed by atoms with Gasteiger partial charge in [0.25, 0.3) is 5.91 Å². The SMILES string of the molecule is COc1ccnc(C(=O)Nc2ccc(OC3CCC(C)(C)CC3)cc2)c1O. The van der Waals surface area contributed by atoms with Crippen molar-refractivity contribution >= 4 is 11.6 Å². The number of ether oxygens (including phenoxy) is 2. The molecular formula is C21H26N2O4. The lowest BCUT2D eigenvalue weighted by Crippen LogP contribution is -2.28. The second-order valence-electron chi connectivity index (χ2n) is 7.67. The number of hydrogen-bond acceptors (Lipinski definition) is 5. The summed E-state index contributed by atoms with van der Waals surface area (Å²) < 4.78 is 11.1. The van der Waals surface area contributed by atoms with Crippen LogP contribution >= 0.6 is 0 Å². The fourth-order valence-corrected chi connectivity index (χ4v) is 3.26. The fourth-order valence-electron chi connectivity index (χ4n) is 3.26. The van der Waals surface area contributed by atoms with E-state index in [9.17, 15) is 9.90 Å². The average molecular weight is 370 g/mol. The summed E-state index contributed by atoms with van der Waals surface area (Å²) in [5, 5.41) is 12.8. The van der Waals surface area contributed by atoms with Crippen molar-refractivity contribution in [2.24, 2.45) is 5.41 Å². The average Bonchev–Trinajstić information content (AvgIpc) is 2.65. The van der Waals surface area contributed by atoms with Gasteiger partial charge < -0.3 is 19.9 Å². The van der Waals surface area contributed by atoms with Crippen LogP contribution in [0.15, 0.2) is 36.5 Å². The molecule has 27 heavy (non-hydrogen) atoms. The van der Waals surface area contributed by atoms with E-state index in [2.05, 4.69) is 24.1 Å². The lowest BCUT2D eigenvalue weighted by Gasteiger charge is -2.34. The molecule has 0 atom stereocenters. The number of carbonyl (C=O) groups is 1. The summed E-state index contributed by atoms with van der Waals surface area (Å²) in [6, 6.07) is 8.72. The Hall–Kier alpha value is -2.76. The quantitative estimate of drug-likeness (QED) is 0.815. The van der Waals surface area contributed by atoms with Crippen molar-refractivity contribution < 1.29 is 19.4 Å². The third kappa shape index (κ3) is 4.70. The summed E-state index contributed by atoms with van der Waals surface area (Å²) in [6.45, 7) is 4.60. The molecule has 1 aliphatic rings. The van der Waals surface area contributed by atoms with Crippen molar-refractivity contribution in [3.8, 4) is 17.2 Å². The molecule has 144 valence electrons. The number of methoxy groups -OCH3 is 1. The zero-order valence-electron chi connectivity index (χ0n) is 16.0. The van der Waals surface area contributed by atoms with Crippen molar-refractivity contribution in [1.29, 1.82) is 0 Å². The van der Waals surface area contributed by atoms with Crippen LogP contribution in [0.1, 0.15) is 50.0 Å².